The van der Waals surface area contributed by atoms with Crippen LogP contribution in [0.5, 0.6) is 0 Å². The van der Waals surface area contributed by atoms with Gasteiger partial charge in [0.1, 0.15) is 18.0 Å². The number of rotatable bonds is 3. The highest BCUT2D eigenvalue weighted by atomic mass is 19.1. The molecule has 1 saturated carbocycles. The van der Waals surface area contributed by atoms with Crippen LogP contribution in [0.25, 0.3) is 10.9 Å². The van der Waals surface area contributed by atoms with Gasteiger partial charge in [-0.1, -0.05) is 12.8 Å². The van der Waals surface area contributed by atoms with E-state index in [1.54, 1.807) is 6.07 Å². The first-order chi connectivity index (χ1) is 11.7. The summed E-state index contributed by atoms with van der Waals surface area (Å²) in [5.74, 6) is 1.13. The van der Waals surface area contributed by atoms with Crippen molar-refractivity contribution in [2.45, 2.75) is 25.7 Å². The lowest BCUT2D eigenvalue weighted by Gasteiger charge is -2.36. The zero-order valence-corrected chi connectivity index (χ0v) is 13.6. The fourth-order valence-electron chi connectivity index (χ4n) is 3.85. The van der Waals surface area contributed by atoms with Crippen molar-refractivity contribution in [3.63, 3.8) is 0 Å². The van der Waals surface area contributed by atoms with E-state index in [0.29, 0.717) is 35.7 Å². The molecule has 2 aliphatic rings. The maximum absolute atomic E-state index is 13.6. The van der Waals surface area contributed by atoms with Crippen LogP contribution in [0.3, 0.4) is 0 Å². The van der Waals surface area contributed by atoms with Crippen LogP contribution in [-0.4, -0.2) is 47.0 Å². The molecule has 1 aromatic heterocycles. The lowest BCUT2D eigenvalue weighted by molar-refractivity contribution is -0.131. The summed E-state index contributed by atoms with van der Waals surface area (Å²) in [5, 5.41) is 0.662. The number of nitrogens with zero attached hydrogens (tertiary/aromatic N) is 4. The number of carbonyl (C=O) groups excluding carboxylic acids is 1. The molecule has 0 atom stereocenters. The van der Waals surface area contributed by atoms with Gasteiger partial charge < -0.3 is 9.80 Å². The lowest BCUT2D eigenvalue weighted by Crippen LogP contribution is -2.51. The summed E-state index contributed by atoms with van der Waals surface area (Å²) in [6.45, 7) is 2.61. The third kappa shape index (κ3) is 2.92. The molecule has 2 fully saturated rings. The number of hydrogen-bond acceptors (Lipinski definition) is 4. The summed E-state index contributed by atoms with van der Waals surface area (Å²) in [6.07, 6.45) is 6.53. The van der Waals surface area contributed by atoms with Crippen molar-refractivity contribution in [3.8, 4) is 0 Å². The molecule has 5 nitrogen and oxygen atoms in total. The maximum Gasteiger partial charge on any atom is 0.242 e. The first-order valence-electron chi connectivity index (χ1n) is 8.64. The quantitative estimate of drug-likeness (QED) is 0.869. The van der Waals surface area contributed by atoms with Crippen molar-refractivity contribution in [1.82, 2.24) is 14.9 Å². The Morgan fingerprint density at radius 2 is 2.00 bits per heavy atom. The topological polar surface area (TPSA) is 49.3 Å². The van der Waals surface area contributed by atoms with Crippen molar-refractivity contribution in [3.05, 3.63) is 30.3 Å². The zero-order valence-electron chi connectivity index (χ0n) is 13.6. The van der Waals surface area contributed by atoms with Crippen LogP contribution < -0.4 is 4.90 Å². The number of aromatic nitrogens is 2. The van der Waals surface area contributed by atoms with Gasteiger partial charge in [0.25, 0.3) is 0 Å². The minimum atomic E-state index is -0.315. The number of carbonyl (C=O) groups is 1. The molecular weight excluding hydrogens is 307 g/mol. The van der Waals surface area contributed by atoms with E-state index in [1.807, 2.05) is 9.80 Å². The van der Waals surface area contributed by atoms with Gasteiger partial charge in [-0.25, -0.2) is 14.4 Å². The van der Waals surface area contributed by atoms with Crippen molar-refractivity contribution in [1.29, 1.82) is 0 Å². The molecule has 1 aliphatic carbocycles. The highest BCUT2D eigenvalue weighted by molar-refractivity contribution is 5.92. The second-order valence-corrected chi connectivity index (χ2v) is 6.77. The van der Waals surface area contributed by atoms with E-state index < -0.39 is 0 Å². The van der Waals surface area contributed by atoms with Crippen LogP contribution in [0.15, 0.2) is 24.5 Å². The smallest absolute Gasteiger partial charge is 0.242 e. The Balaban J connectivity index is 1.52. The van der Waals surface area contributed by atoms with Gasteiger partial charge >= 0.3 is 0 Å². The van der Waals surface area contributed by atoms with Gasteiger partial charge in [0.05, 0.1) is 12.1 Å². The van der Waals surface area contributed by atoms with Crippen LogP contribution >= 0.6 is 0 Å². The molecular formula is C18H21FN4O. The second-order valence-electron chi connectivity index (χ2n) is 6.77. The predicted octanol–water partition coefficient (Wildman–Crippen LogP) is 2.61. The Bertz CT molecular complexity index is 760. The molecule has 24 heavy (non-hydrogen) atoms. The third-order valence-corrected chi connectivity index (χ3v) is 5.15. The number of benzene rings is 1. The van der Waals surface area contributed by atoms with E-state index in [4.69, 9.17) is 0 Å². The predicted molar refractivity (Wildman–Crippen MR) is 90.2 cm³/mol. The highest BCUT2D eigenvalue weighted by Gasteiger charge is 2.28. The molecule has 0 radical (unpaired) electrons. The Morgan fingerprint density at radius 1 is 1.17 bits per heavy atom. The molecule has 2 heterocycles. The van der Waals surface area contributed by atoms with Gasteiger partial charge in [-0.15, -0.1) is 0 Å². The van der Waals surface area contributed by atoms with Crippen LogP contribution in [-0.2, 0) is 4.79 Å². The summed E-state index contributed by atoms with van der Waals surface area (Å²) in [5.41, 5.74) is 0.697. The number of hydrogen-bond donors (Lipinski definition) is 0. The Kier molecular flexibility index (Phi) is 4.04. The maximum atomic E-state index is 13.6. The summed E-state index contributed by atoms with van der Waals surface area (Å²) in [7, 11) is 0. The largest absolute Gasteiger partial charge is 0.345 e. The molecule has 6 heteroatoms. The molecule has 0 bridgehead atoms. The summed E-state index contributed by atoms with van der Waals surface area (Å²) in [4.78, 5) is 25.0. The first kappa shape index (κ1) is 15.3. The fraction of sp³-hybridized carbons (Fsp3) is 0.500. The molecule has 0 spiro atoms. The standard InChI is InChI=1S/C18H21FN4O/c19-14-5-6-16-15(9-14)18(21-12-20-16)23-8-7-22(17(24)11-23)10-13-3-1-2-4-13/h5-6,9,12-13H,1-4,7-8,10-11H2. The SMILES string of the molecule is O=C1CN(c2ncnc3ccc(F)cc23)CCN1CC1CCCC1. The van der Waals surface area contributed by atoms with Gasteiger partial charge in [-0.2, -0.15) is 0 Å². The highest BCUT2D eigenvalue weighted by Crippen LogP contribution is 2.28. The van der Waals surface area contributed by atoms with Crippen molar-refractivity contribution < 1.29 is 9.18 Å². The average molecular weight is 328 g/mol. The first-order valence-corrected chi connectivity index (χ1v) is 8.64. The molecule has 1 amide bonds. The normalized spacial score (nSPS) is 19.5. The van der Waals surface area contributed by atoms with Crippen LogP contribution in [0.1, 0.15) is 25.7 Å². The Hall–Kier alpha value is -2.24. The second kappa shape index (κ2) is 6.34. The van der Waals surface area contributed by atoms with Crippen molar-refractivity contribution >= 4 is 22.6 Å². The van der Waals surface area contributed by atoms with E-state index in [2.05, 4.69) is 9.97 Å². The van der Waals surface area contributed by atoms with E-state index >= 15 is 0 Å². The Morgan fingerprint density at radius 3 is 2.79 bits per heavy atom. The van der Waals surface area contributed by atoms with Crippen LogP contribution in [0.4, 0.5) is 10.2 Å². The number of anilines is 1. The minimum absolute atomic E-state index is 0.135. The number of halogens is 1. The third-order valence-electron chi connectivity index (χ3n) is 5.15. The van der Waals surface area contributed by atoms with Crippen LogP contribution in [0.2, 0.25) is 0 Å². The van der Waals surface area contributed by atoms with Gasteiger partial charge in [-0.3, -0.25) is 4.79 Å². The van der Waals surface area contributed by atoms with Gasteiger partial charge in [0.2, 0.25) is 5.91 Å². The molecule has 4 rings (SSSR count). The van der Waals surface area contributed by atoms with E-state index in [9.17, 15) is 9.18 Å². The molecule has 126 valence electrons. The molecule has 0 unspecified atom stereocenters. The number of piperazine rings is 1. The zero-order chi connectivity index (χ0) is 16.5. The van der Waals surface area contributed by atoms with Crippen LogP contribution in [0, 0.1) is 11.7 Å². The molecule has 1 aliphatic heterocycles. The average Bonchev–Trinajstić information content (AvgIpc) is 3.09. The molecule has 1 aromatic carbocycles. The van der Waals surface area contributed by atoms with Gasteiger partial charge in [0.15, 0.2) is 0 Å². The van der Waals surface area contributed by atoms with E-state index in [-0.39, 0.29) is 11.7 Å². The van der Waals surface area contributed by atoms with Crippen molar-refractivity contribution in [2.24, 2.45) is 5.92 Å². The van der Waals surface area contributed by atoms with Gasteiger partial charge in [0, 0.05) is 25.0 Å². The molecule has 1 saturated heterocycles. The Labute approximate surface area is 140 Å². The monoisotopic (exact) mass is 328 g/mol. The van der Waals surface area contributed by atoms with E-state index in [1.165, 1.54) is 44.1 Å². The molecule has 0 N–H and O–H groups in total. The summed E-state index contributed by atoms with van der Waals surface area (Å²) < 4.78 is 13.6. The van der Waals surface area contributed by atoms with Crippen molar-refractivity contribution in [2.75, 3.05) is 31.1 Å². The lowest BCUT2D eigenvalue weighted by atomic mass is 10.1. The number of amides is 1. The fourth-order valence-corrected chi connectivity index (χ4v) is 3.85. The summed E-state index contributed by atoms with van der Waals surface area (Å²) >= 11 is 0. The van der Waals surface area contributed by atoms with Gasteiger partial charge in [-0.05, 0) is 37.0 Å². The molecule has 2 aromatic rings. The number of fused-ring (bicyclic) bond motifs is 1. The van der Waals surface area contributed by atoms with E-state index in [0.717, 1.165) is 13.1 Å². The summed E-state index contributed by atoms with van der Waals surface area (Å²) in [6, 6.07) is 4.48. The minimum Gasteiger partial charge on any atom is -0.345 e.